The predicted molar refractivity (Wildman–Crippen MR) is 79.1 cm³/mol. The molecule has 1 unspecified atom stereocenters. The van der Waals surface area contributed by atoms with Crippen LogP contribution in [0.1, 0.15) is 18.9 Å². The summed E-state index contributed by atoms with van der Waals surface area (Å²) in [7, 11) is 0. The van der Waals surface area contributed by atoms with E-state index in [0.717, 1.165) is 25.2 Å². The van der Waals surface area contributed by atoms with E-state index in [1.165, 1.54) is 23.9 Å². The zero-order valence-corrected chi connectivity index (χ0v) is 11.5. The summed E-state index contributed by atoms with van der Waals surface area (Å²) in [5, 5.41) is 4.78. The Kier molecular flexibility index (Phi) is 3.76. The molecule has 0 bridgehead atoms. The fraction of sp³-hybridized carbons (Fsp3) is 0.438. The van der Waals surface area contributed by atoms with Crippen LogP contribution in [0.15, 0.2) is 36.5 Å². The summed E-state index contributed by atoms with van der Waals surface area (Å²) in [6.45, 7) is 6.58. The van der Waals surface area contributed by atoms with E-state index >= 15 is 0 Å². The standard InChI is InChI=1S/C16H21N3/c1-2-17-15-8-10-19(12-15)11-14-6-3-5-13-7-4-9-18-16(13)14/h3-7,9,15,17H,2,8,10-12H2,1H3. The predicted octanol–water partition coefficient (Wildman–Crippen LogP) is 2.42. The molecule has 0 amide bonds. The highest BCUT2D eigenvalue weighted by molar-refractivity contribution is 5.81. The van der Waals surface area contributed by atoms with Crippen molar-refractivity contribution >= 4 is 10.9 Å². The maximum atomic E-state index is 4.54. The average molecular weight is 255 g/mol. The molecule has 1 N–H and O–H groups in total. The Hall–Kier alpha value is -1.45. The molecular weight excluding hydrogens is 234 g/mol. The summed E-state index contributed by atoms with van der Waals surface area (Å²) in [6, 6.07) is 11.3. The Labute approximate surface area is 114 Å². The van der Waals surface area contributed by atoms with Crippen LogP contribution in [0.4, 0.5) is 0 Å². The third-order valence-corrected chi connectivity index (χ3v) is 3.88. The van der Waals surface area contributed by atoms with E-state index in [9.17, 15) is 0 Å². The maximum absolute atomic E-state index is 4.54. The molecule has 2 aromatic rings. The average Bonchev–Trinajstić information content (AvgIpc) is 2.87. The van der Waals surface area contributed by atoms with Gasteiger partial charge in [0, 0.05) is 37.3 Å². The number of likely N-dealkylation sites (N-methyl/N-ethyl adjacent to an activating group) is 1. The van der Waals surface area contributed by atoms with E-state index in [4.69, 9.17) is 0 Å². The first kappa shape index (κ1) is 12.6. The van der Waals surface area contributed by atoms with Crippen LogP contribution in [-0.4, -0.2) is 35.6 Å². The monoisotopic (exact) mass is 255 g/mol. The van der Waals surface area contributed by atoms with Crippen molar-refractivity contribution in [3.05, 3.63) is 42.1 Å². The van der Waals surface area contributed by atoms with Gasteiger partial charge >= 0.3 is 0 Å². The smallest absolute Gasteiger partial charge is 0.0746 e. The summed E-state index contributed by atoms with van der Waals surface area (Å²) in [4.78, 5) is 7.06. The van der Waals surface area contributed by atoms with Crippen molar-refractivity contribution in [3.63, 3.8) is 0 Å². The molecule has 0 radical (unpaired) electrons. The first-order valence-electron chi connectivity index (χ1n) is 7.15. The zero-order chi connectivity index (χ0) is 13.1. The number of pyridine rings is 1. The van der Waals surface area contributed by atoms with Gasteiger partial charge in [0.25, 0.3) is 0 Å². The normalized spacial score (nSPS) is 20.2. The minimum absolute atomic E-state index is 0.660. The number of fused-ring (bicyclic) bond motifs is 1. The molecule has 0 saturated carbocycles. The van der Waals surface area contributed by atoms with Crippen molar-refractivity contribution < 1.29 is 0 Å². The van der Waals surface area contributed by atoms with Crippen LogP contribution in [0.25, 0.3) is 10.9 Å². The number of nitrogens with one attached hydrogen (secondary N) is 1. The number of hydrogen-bond donors (Lipinski definition) is 1. The van der Waals surface area contributed by atoms with E-state index in [0.29, 0.717) is 6.04 Å². The van der Waals surface area contributed by atoms with Crippen LogP contribution in [0, 0.1) is 0 Å². The molecule has 1 aliphatic heterocycles. The van der Waals surface area contributed by atoms with Crippen LogP contribution >= 0.6 is 0 Å². The van der Waals surface area contributed by atoms with E-state index < -0.39 is 0 Å². The molecule has 1 atom stereocenters. The Bertz CT molecular complexity index is 547. The SMILES string of the molecule is CCNC1CCN(Cc2cccc3cccnc23)C1. The second-order valence-corrected chi connectivity index (χ2v) is 5.27. The Morgan fingerprint density at radius 3 is 3.11 bits per heavy atom. The lowest BCUT2D eigenvalue weighted by Gasteiger charge is -2.17. The van der Waals surface area contributed by atoms with Crippen LogP contribution in [0.3, 0.4) is 0 Å². The van der Waals surface area contributed by atoms with Gasteiger partial charge in [0.05, 0.1) is 5.52 Å². The number of likely N-dealkylation sites (tertiary alicyclic amines) is 1. The van der Waals surface area contributed by atoms with Crippen molar-refractivity contribution in [1.82, 2.24) is 15.2 Å². The molecule has 1 fully saturated rings. The molecule has 0 spiro atoms. The number of nitrogens with zero attached hydrogens (tertiary/aromatic N) is 2. The van der Waals surface area contributed by atoms with Gasteiger partial charge in [0.15, 0.2) is 0 Å². The highest BCUT2D eigenvalue weighted by Gasteiger charge is 2.21. The number of hydrogen-bond acceptors (Lipinski definition) is 3. The molecule has 1 aliphatic rings. The van der Waals surface area contributed by atoms with E-state index in [1.807, 2.05) is 12.3 Å². The van der Waals surface area contributed by atoms with Gasteiger partial charge in [-0.2, -0.15) is 0 Å². The lowest BCUT2D eigenvalue weighted by Crippen LogP contribution is -2.32. The third kappa shape index (κ3) is 2.77. The molecule has 3 rings (SSSR count). The second-order valence-electron chi connectivity index (χ2n) is 5.27. The molecule has 2 heterocycles. The summed E-state index contributed by atoms with van der Waals surface area (Å²) in [5.41, 5.74) is 2.49. The lowest BCUT2D eigenvalue weighted by atomic mass is 10.1. The Morgan fingerprint density at radius 1 is 1.32 bits per heavy atom. The van der Waals surface area contributed by atoms with Crippen molar-refractivity contribution in [3.8, 4) is 0 Å². The number of para-hydroxylation sites is 1. The summed E-state index contributed by atoms with van der Waals surface area (Å²) < 4.78 is 0. The number of benzene rings is 1. The van der Waals surface area contributed by atoms with Crippen molar-refractivity contribution in [2.45, 2.75) is 25.9 Å². The molecule has 3 nitrogen and oxygen atoms in total. The van der Waals surface area contributed by atoms with Gasteiger partial charge in [-0.1, -0.05) is 31.2 Å². The number of rotatable bonds is 4. The van der Waals surface area contributed by atoms with Gasteiger partial charge < -0.3 is 5.32 Å². The van der Waals surface area contributed by atoms with Crippen LogP contribution < -0.4 is 5.32 Å². The first-order chi connectivity index (χ1) is 9.36. The van der Waals surface area contributed by atoms with Gasteiger partial charge in [-0.25, -0.2) is 0 Å². The molecule has 1 aromatic heterocycles. The highest BCUT2D eigenvalue weighted by atomic mass is 15.2. The van der Waals surface area contributed by atoms with E-state index in [-0.39, 0.29) is 0 Å². The zero-order valence-electron chi connectivity index (χ0n) is 11.5. The molecule has 19 heavy (non-hydrogen) atoms. The Morgan fingerprint density at radius 2 is 2.21 bits per heavy atom. The fourth-order valence-corrected chi connectivity index (χ4v) is 2.97. The van der Waals surface area contributed by atoms with E-state index in [1.54, 1.807) is 0 Å². The molecular formula is C16H21N3. The molecule has 3 heteroatoms. The minimum atomic E-state index is 0.660. The van der Waals surface area contributed by atoms with Gasteiger partial charge in [-0.3, -0.25) is 9.88 Å². The van der Waals surface area contributed by atoms with Gasteiger partial charge in [-0.05, 0) is 24.6 Å². The quantitative estimate of drug-likeness (QED) is 0.909. The molecule has 100 valence electrons. The summed E-state index contributed by atoms with van der Waals surface area (Å²) >= 11 is 0. The topological polar surface area (TPSA) is 28.2 Å². The third-order valence-electron chi connectivity index (χ3n) is 3.88. The Balaban J connectivity index is 1.75. The highest BCUT2D eigenvalue weighted by Crippen LogP contribution is 2.20. The lowest BCUT2D eigenvalue weighted by molar-refractivity contribution is 0.322. The minimum Gasteiger partial charge on any atom is -0.313 e. The van der Waals surface area contributed by atoms with E-state index in [2.05, 4.69) is 46.4 Å². The van der Waals surface area contributed by atoms with Crippen molar-refractivity contribution in [1.29, 1.82) is 0 Å². The summed E-state index contributed by atoms with van der Waals surface area (Å²) in [6.07, 6.45) is 3.14. The van der Waals surface area contributed by atoms with Gasteiger partial charge in [0.2, 0.25) is 0 Å². The molecule has 1 aromatic carbocycles. The fourth-order valence-electron chi connectivity index (χ4n) is 2.97. The largest absolute Gasteiger partial charge is 0.313 e. The second kappa shape index (κ2) is 5.68. The van der Waals surface area contributed by atoms with Crippen LogP contribution in [0.2, 0.25) is 0 Å². The van der Waals surface area contributed by atoms with Crippen LogP contribution in [0.5, 0.6) is 0 Å². The maximum Gasteiger partial charge on any atom is 0.0746 e. The molecule has 1 saturated heterocycles. The molecule has 0 aliphatic carbocycles. The summed E-state index contributed by atoms with van der Waals surface area (Å²) in [5.74, 6) is 0. The van der Waals surface area contributed by atoms with Crippen molar-refractivity contribution in [2.24, 2.45) is 0 Å². The first-order valence-corrected chi connectivity index (χ1v) is 7.15. The number of aromatic nitrogens is 1. The van der Waals surface area contributed by atoms with Gasteiger partial charge in [0.1, 0.15) is 0 Å². The van der Waals surface area contributed by atoms with Crippen molar-refractivity contribution in [2.75, 3.05) is 19.6 Å². The van der Waals surface area contributed by atoms with Crippen LogP contribution in [-0.2, 0) is 6.54 Å². The van der Waals surface area contributed by atoms with Gasteiger partial charge in [-0.15, -0.1) is 0 Å².